The van der Waals surface area contributed by atoms with Gasteiger partial charge >= 0.3 is 0 Å². The number of hydrogen-bond acceptors (Lipinski definition) is 8. The maximum absolute atomic E-state index is 12.1. The Bertz CT molecular complexity index is 941. The number of aliphatic hydroxyl groups excluding tert-OH is 1. The fraction of sp³-hybridized carbons (Fsp3) is 0.500. The molecule has 9 nitrogen and oxygen atoms in total. The molecule has 0 aromatic heterocycles. The van der Waals surface area contributed by atoms with Crippen molar-refractivity contribution in [3.63, 3.8) is 0 Å². The molecule has 2 aliphatic rings. The van der Waals surface area contributed by atoms with Crippen LogP contribution in [-0.2, 0) is 35.1 Å². The summed E-state index contributed by atoms with van der Waals surface area (Å²) in [4.78, 5) is 12.1. The largest absolute Gasteiger partial charge is 0.393 e. The van der Waals surface area contributed by atoms with Crippen LogP contribution in [0.4, 0.5) is 0 Å². The van der Waals surface area contributed by atoms with Crippen LogP contribution in [0, 0.1) is 0 Å². The van der Waals surface area contributed by atoms with Gasteiger partial charge in [0.15, 0.2) is 12.6 Å². The highest BCUT2D eigenvalue weighted by Crippen LogP contribution is 2.36. The van der Waals surface area contributed by atoms with E-state index < -0.39 is 49.1 Å². The van der Waals surface area contributed by atoms with Crippen molar-refractivity contribution in [3.05, 3.63) is 71.8 Å². The molecule has 0 radical (unpaired) electrons. The van der Waals surface area contributed by atoms with Crippen molar-refractivity contribution in [3.8, 4) is 0 Å². The zero-order valence-corrected chi connectivity index (χ0v) is 19.9. The molecule has 0 aliphatic carbocycles. The van der Waals surface area contributed by atoms with Gasteiger partial charge in [0.2, 0.25) is 5.91 Å². The van der Waals surface area contributed by atoms with E-state index in [9.17, 15) is 15.0 Å². The third-order valence-corrected chi connectivity index (χ3v) is 5.97. The van der Waals surface area contributed by atoms with Crippen LogP contribution in [-0.4, -0.2) is 72.2 Å². The number of benzene rings is 2. The Balaban J connectivity index is 1.59. The molecule has 2 aliphatic heterocycles. The first kappa shape index (κ1) is 25.7. The van der Waals surface area contributed by atoms with Gasteiger partial charge in [0.1, 0.15) is 30.0 Å². The van der Waals surface area contributed by atoms with E-state index in [2.05, 4.69) is 5.32 Å². The summed E-state index contributed by atoms with van der Waals surface area (Å²) in [5.74, 6) is -0.292. The number of rotatable bonds is 9. The molecule has 2 fully saturated rings. The van der Waals surface area contributed by atoms with Gasteiger partial charge in [-0.05, 0) is 12.5 Å². The Kier molecular flexibility index (Phi) is 8.51. The number of amides is 1. The van der Waals surface area contributed by atoms with E-state index in [1.165, 1.54) is 13.8 Å². The number of aliphatic hydroxyl groups is 2. The third-order valence-electron chi connectivity index (χ3n) is 5.97. The second-order valence-corrected chi connectivity index (χ2v) is 9.17. The van der Waals surface area contributed by atoms with Gasteiger partial charge < -0.3 is 39.2 Å². The molecule has 2 aromatic rings. The summed E-state index contributed by atoms with van der Waals surface area (Å²) in [6, 6.07) is 18.5. The normalized spacial score (nSPS) is 30.2. The SMILES string of the molecule is CC(=O)N[C@H]1[C@H](OC[C@](C)(O)CO)O[C@@H]2COC(c3ccccc3)O[C@H]2[C@@H]1OCc1ccccc1. The third kappa shape index (κ3) is 6.65. The van der Waals surface area contributed by atoms with Crippen molar-refractivity contribution >= 4 is 5.91 Å². The molecular formula is C26H33NO8. The smallest absolute Gasteiger partial charge is 0.217 e. The Hall–Kier alpha value is -2.37. The molecule has 1 unspecified atom stereocenters. The van der Waals surface area contributed by atoms with E-state index in [-0.39, 0.29) is 25.7 Å². The minimum atomic E-state index is -1.47. The van der Waals surface area contributed by atoms with Crippen LogP contribution < -0.4 is 5.32 Å². The van der Waals surface area contributed by atoms with Gasteiger partial charge in [0, 0.05) is 12.5 Å². The Morgan fingerprint density at radius 1 is 1.09 bits per heavy atom. The van der Waals surface area contributed by atoms with Crippen LogP contribution in [0.15, 0.2) is 60.7 Å². The summed E-state index contributed by atoms with van der Waals surface area (Å²) in [6.07, 6.45) is -3.32. The lowest BCUT2D eigenvalue weighted by Crippen LogP contribution is -2.67. The highest BCUT2D eigenvalue weighted by Gasteiger charge is 2.51. The second-order valence-electron chi connectivity index (χ2n) is 9.17. The molecule has 2 heterocycles. The maximum atomic E-state index is 12.1. The van der Waals surface area contributed by atoms with Gasteiger partial charge in [0.25, 0.3) is 0 Å². The first-order valence-corrected chi connectivity index (χ1v) is 11.7. The molecule has 1 amide bonds. The van der Waals surface area contributed by atoms with Crippen LogP contribution in [0.3, 0.4) is 0 Å². The number of nitrogens with one attached hydrogen (secondary N) is 1. The molecule has 0 bridgehead atoms. The van der Waals surface area contributed by atoms with Crippen molar-refractivity contribution in [2.45, 2.75) is 63.0 Å². The van der Waals surface area contributed by atoms with Crippen molar-refractivity contribution in [2.24, 2.45) is 0 Å². The summed E-state index contributed by atoms with van der Waals surface area (Å²) >= 11 is 0. The molecule has 0 saturated carbocycles. The average Bonchev–Trinajstić information content (AvgIpc) is 2.87. The van der Waals surface area contributed by atoms with Crippen LogP contribution in [0.1, 0.15) is 31.3 Å². The fourth-order valence-corrected chi connectivity index (χ4v) is 4.15. The second kappa shape index (κ2) is 11.6. The molecule has 4 rings (SSSR count). The van der Waals surface area contributed by atoms with E-state index in [1.807, 2.05) is 60.7 Å². The first-order chi connectivity index (χ1) is 16.9. The molecular weight excluding hydrogens is 454 g/mol. The van der Waals surface area contributed by atoms with Crippen molar-refractivity contribution in [1.82, 2.24) is 5.32 Å². The predicted molar refractivity (Wildman–Crippen MR) is 125 cm³/mol. The standard InChI is InChI=1S/C26H33NO8/c1-17(29)27-21-23(31-13-18-9-5-3-6-10-18)22-20(34-25(21)33-16-26(2,30)15-28)14-32-24(35-22)19-11-7-4-8-12-19/h3-12,20-25,28,30H,13-16H2,1-2H3,(H,27,29)/t20-,21-,22-,23-,24?,25-,26-/m1/s1. The lowest BCUT2D eigenvalue weighted by atomic mass is 9.95. The van der Waals surface area contributed by atoms with Gasteiger partial charge in [-0.2, -0.15) is 0 Å². The first-order valence-electron chi connectivity index (χ1n) is 11.7. The number of ether oxygens (including phenoxy) is 5. The van der Waals surface area contributed by atoms with Crippen LogP contribution >= 0.6 is 0 Å². The highest BCUT2D eigenvalue weighted by molar-refractivity contribution is 5.73. The Labute approximate surface area is 204 Å². The van der Waals surface area contributed by atoms with E-state index >= 15 is 0 Å². The number of hydrogen-bond donors (Lipinski definition) is 3. The number of carbonyl (C=O) groups excluding carboxylic acids is 1. The fourth-order valence-electron chi connectivity index (χ4n) is 4.15. The summed E-state index contributed by atoms with van der Waals surface area (Å²) < 4.78 is 30.6. The zero-order chi connectivity index (χ0) is 24.8. The van der Waals surface area contributed by atoms with Crippen molar-refractivity contribution in [1.29, 1.82) is 0 Å². The molecule has 190 valence electrons. The monoisotopic (exact) mass is 487 g/mol. The molecule has 3 N–H and O–H groups in total. The molecule has 35 heavy (non-hydrogen) atoms. The van der Waals surface area contributed by atoms with E-state index in [0.29, 0.717) is 0 Å². The Morgan fingerprint density at radius 3 is 2.43 bits per heavy atom. The summed E-state index contributed by atoms with van der Waals surface area (Å²) in [5.41, 5.74) is 0.352. The van der Waals surface area contributed by atoms with Gasteiger partial charge in [-0.15, -0.1) is 0 Å². The lowest BCUT2D eigenvalue weighted by molar-refractivity contribution is -0.352. The molecule has 9 heteroatoms. The van der Waals surface area contributed by atoms with Crippen LogP contribution in [0.2, 0.25) is 0 Å². The quantitative estimate of drug-likeness (QED) is 0.489. The zero-order valence-electron chi connectivity index (χ0n) is 19.9. The summed E-state index contributed by atoms with van der Waals surface area (Å²) in [5, 5.41) is 22.5. The predicted octanol–water partition coefficient (Wildman–Crippen LogP) is 1.68. The lowest BCUT2D eigenvalue weighted by Gasteiger charge is -2.49. The van der Waals surface area contributed by atoms with Crippen LogP contribution in [0.25, 0.3) is 0 Å². The maximum Gasteiger partial charge on any atom is 0.217 e. The van der Waals surface area contributed by atoms with Crippen LogP contribution in [0.5, 0.6) is 0 Å². The highest BCUT2D eigenvalue weighted by atomic mass is 16.8. The minimum absolute atomic E-state index is 0.207. The number of fused-ring (bicyclic) bond motifs is 1. The summed E-state index contributed by atoms with van der Waals surface area (Å²) in [7, 11) is 0. The topological polar surface area (TPSA) is 116 Å². The Morgan fingerprint density at radius 2 is 1.77 bits per heavy atom. The van der Waals surface area contributed by atoms with E-state index in [1.54, 1.807) is 0 Å². The van der Waals surface area contributed by atoms with Crippen molar-refractivity contribution in [2.75, 3.05) is 19.8 Å². The van der Waals surface area contributed by atoms with Gasteiger partial charge in [-0.1, -0.05) is 60.7 Å². The molecule has 2 aromatic carbocycles. The number of carbonyl (C=O) groups is 1. The average molecular weight is 488 g/mol. The van der Waals surface area contributed by atoms with Crippen molar-refractivity contribution < 1.29 is 38.7 Å². The summed E-state index contributed by atoms with van der Waals surface area (Å²) in [6.45, 7) is 2.66. The van der Waals surface area contributed by atoms with Gasteiger partial charge in [-0.25, -0.2) is 0 Å². The molecule has 7 atom stereocenters. The molecule has 2 saturated heterocycles. The van der Waals surface area contributed by atoms with E-state index in [0.717, 1.165) is 11.1 Å². The van der Waals surface area contributed by atoms with Gasteiger partial charge in [-0.3, -0.25) is 4.79 Å². The molecule has 0 spiro atoms. The minimum Gasteiger partial charge on any atom is -0.393 e. The van der Waals surface area contributed by atoms with E-state index in [4.69, 9.17) is 23.7 Å². The van der Waals surface area contributed by atoms with Gasteiger partial charge in [0.05, 0.1) is 26.4 Å².